The van der Waals surface area contributed by atoms with Crippen molar-refractivity contribution in [3.05, 3.63) is 53.6 Å². The van der Waals surface area contributed by atoms with Gasteiger partial charge in [-0.2, -0.15) is 8.42 Å². The molecule has 0 radical (unpaired) electrons. The highest BCUT2D eigenvalue weighted by atomic mass is 32.2. The molecule has 0 aromatic heterocycles. The largest absolute Gasteiger partial charge is 0.342 e. The number of amidine groups is 1. The summed E-state index contributed by atoms with van der Waals surface area (Å²) in [7, 11) is -3.72. The summed E-state index contributed by atoms with van der Waals surface area (Å²) in [5, 5.41) is 5.81. The molecule has 0 atom stereocenters. The smallest absolute Gasteiger partial charge is 0.286 e. The zero-order chi connectivity index (χ0) is 18.0. The van der Waals surface area contributed by atoms with Gasteiger partial charge in [0.15, 0.2) is 0 Å². The molecule has 1 amide bonds. The summed E-state index contributed by atoms with van der Waals surface area (Å²) in [5.41, 5.74) is 3.36. The Hall–Kier alpha value is -2.67. The van der Waals surface area contributed by atoms with Crippen LogP contribution in [0.1, 0.15) is 24.0 Å². The second-order valence-corrected chi connectivity index (χ2v) is 7.63. The third-order valence-corrected chi connectivity index (χ3v) is 5.14. The zero-order valence-electron chi connectivity index (χ0n) is 14.0. The lowest BCUT2D eigenvalue weighted by atomic mass is 10.1. The molecular weight excluding hydrogens is 338 g/mol. The van der Waals surface area contributed by atoms with Crippen LogP contribution in [0.5, 0.6) is 0 Å². The molecule has 0 saturated carbocycles. The molecular formula is C18H19N3O3S. The van der Waals surface area contributed by atoms with Crippen LogP contribution in [-0.2, 0) is 14.8 Å². The van der Waals surface area contributed by atoms with Gasteiger partial charge in [0.2, 0.25) is 5.91 Å². The summed E-state index contributed by atoms with van der Waals surface area (Å²) >= 11 is 0. The van der Waals surface area contributed by atoms with Crippen LogP contribution >= 0.6 is 0 Å². The molecule has 0 bridgehead atoms. The molecule has 1 aliphatic rings. The number of sulfonamides is 1. The minimum atomic E-state index is -3.72. The Labute approximate surface area is 147 Å². The van der Waals surface area contributed by atoms with E-state index in [4.69, 9.17) is 0 Å². The minimum absolute atomic E-state index is 0.135. The van der Waals surface area contributed by atoms with Gasteiger partial charge >= 0.3 is 0 Å². The Morgan fingerprint density at radius 3 is 2.52 bits per heavy atom. The molecule has 2 aromatic rings. The standard InChI is InChI=1S/C18H19N3O3S/c1-12-9-13(2)11-14(10-12)19-18(22)8-7-17-20-15-5-3-4-6-16(15)25(23,24)21-17/h3-6,9-11H,7-8H2,1-2H3,(H,19,22)(H,20,21). The summed E-state index contributed by atoms with van der Waals surface area (Å²) in [6.45, 7) is 3.93. The number of amides is 1. The number of fused-ring (bicyclic) bond motifs is 1. The lowest BCUT2D eigenvalue weighted by molar-refractivity contribution is -0.116. The van der Waals surface area contributed by atoms with Crippen LogP contribution in [0.25, 0.3) is 0 Å². The van der Waals surface area contributed by atoms with Crippen LogP contribution in [0, 0.1) is 13.8 Å². The summed E-state index contributed by atoms with van der Waals surface area (Å²) in [6, 6.07) is 12.4. The van der Waals surface area contributed by atoms with Gasteiger partial charge in [0.1, 0.15) is 10.7 Å². The van der Waals surface area contributed by atoms with Crippen molar-refractivity contribution in [2.45, 2.75) is 31.6 Å². The summed E-state index contributed by atoms with van der Waals surface area (Å²) in [6.07, 6.45) is 0.348. The van der Waals surface area contributed by atoms with E-state index in [0.29, 0.717) is 5.69 Å². The number of anilines is 2. The van der Waals surface area contributed by atoms with Crippen molar-refractivity contribution in [2.24, 2.45) is 4.40 Å². The van der Waals surface area contributed by atoms with Crippen molar-refractivity contribution < 1.29 is 13.2 Å². The SMILES string of the molecule is Cc1cc(C)cc(NC(=O)CCC2=NS(=O)(=O)c3ccccc3N2)c1. The molecule has 0 spiro atoms. The highest BCUT2D eigenvalue weighted by molar-refractivity contribution is 7.90. The first-order valence-corrected chi connectivity index (χ1v) is 9.35. The number of hydrogen-bond acceptors (Lipinski definition) is 4. The summed E-state index contributed by atoms with van der Waals surface area (Å²) < 4.78 is 28.1. The van der Waals surface area contributed by atoms with Crippen molar-refractivity contribution in [1.82, 2.24) is 0 Å². The van der Waals surface area contributed by atoms with Crippen LogP contribution in [0.15, 0.2) is 51.8 Å². The minimum Gasteiger partial charge on any atom is -0.342 e. The molecule has 0 unspecified atom stereocenters. The average Bonchev–Trinajstić information content (AvgIpc) is 2.51. The van der Waals surface area contributed by atoms with Gasteiger partial charge in [-0.25, -0.2) is 0 Å². The van der Waals surface area contributed by atoms with Gasteiger partial charge in [-0.3, -0.25) is 4.79 Å². The van der Waals surface area contributed by atoms with Crippen LogP contribution in [0.3, 0.4) is 0 Å². The maximum atomic E-state index is 12.2. The predicted molar refractivity (Wildman–Crippen MR) is 98.5 cm³/mol. The number of para-hydroxylation sites is 1. The number of aryl methyl sites for hydroxylation is 2. The number of hydrogen-bond donors (Lipinski definition) is 2. The highest BCUT2D eigenvalue weighted by Crippen LogP contribution is 2.27. The topological polar surface area (TPSA) is 87.6 Å². The third kappa shape index (κ3) is 4.06. The van der Waals surface area contributed by atoms with E-state index >= 15 is 0 Å². The monoisotopic (exact) mass is 357 g/mol. The first-order chi connectivity index (χ1) is 11.8. The first kappa shape index (κ1) is 17.2. The average molecular weight is 357 g/mol. The molecule has 2 aromatic carbocycles. The van der Waals surface area contributed by atoms with Gasteiger partial charge < -0.3 is 10.6 Å². The molecule has 0 saturated heterocycles. The van der Waals surface area contributed by atoms with Crippen LogP contribution in [-0.4, -0.2) is 20.2 Å². The highest BCUT2D eigenvalue weighted by Gasteiger charge is 2.24. The number of carbonyl (C=O) groups excluding carboxylic acids is 1. The van der Waals surface area contributed by atoms with Crippen molar-refractivity contribution >= 4 is 33.1 Å². The second kappa shape index (κ2) is 6.68. The fourth-order valence-corrected chi connectivity index (χ4v) is 3.95. The quantitative estimate of drug-likeness (QED) is 0.879. The Balaban J connectivity index is 1.66. The maximum Gasteiger partial charge on any atom is 0.286 e. The normalized spacial score (nSPS) is 14.9. The van der Waals surface area contributed by atoms with Gasteiger partial charge in [-0.1, -0.05) is 18.2 Å². The molecule has 7 heteroatoms. The number of rotatable bonds is 4. The first-order valence-electron chi connectivity index (χ1n) is 7.91. The van der Waals surface area contributed by atoms with Gasteiger partial charge in [-0.15, -0.1) is 4.40 Å². The van der Waals surface area contributed by atoms with E-state index in [1.807, 2.05) is 32.0 Å². The molecule has 3 rings (SSSR count). The Kier molecular flexibility index (Phi) is 4.59. The number of benzene rings is 2. The lowest BCUT2D eigenvalue weighted by Crippen LogP contribution is -2.23. The van der Waals surface area contributed by atoms with Crippen molar-refractivity contribution in [2.75, 3.05) is 10.6 Å². The molecule has 2 N–H and O–H groups in total. The summed E-state index contributed by atoms with van der Waals surface area (Å²) in [4.78, 5) is 12.3. The molecule has 1 aliphatic heterocycles. The van der Waals surface area contributed by atoms with E-state index in [-0.39, 0.29) is 29.5 Å². The van der Waals surface area contributed by atoms with Gasteiger partial charge in [0.05, 0.1) is 5.69 Å². The molecule has 25 heavy (non-hydrogen) atoms. The Morgan fingerprint density at radius 2 is 1.80 bits per heavy atom. The zero-order valence-corrected chi connectivity index (χ0v) is 14.9. The van der Waals surface area contributed by atoms with Crippen molar-refractivity contribution in [3.8, 4) is 0 Å². The third-order valence-electron chi connectivity index (χ3n) is 3.77. The van der Waals surface area contributed by atoms with Crippen LogP contribution in [0.2, 0.25) is 0 Å². The van der Waals surface area contributed by atoms with Crippen LogP contribution < -0.4 is 10.6 Å². The van der Waals surface area contributed by atoms with E-state index in [1.165, 1.54) is 6.07 Å². The predicted octanol–water partition coefficient (Wildman–Crippen LogP) is 3.24. The van der Waals surface area contributed by atoms with E-state index in [2.05, 4.69) is 15.0 Å². The molecule has 0 aliphatic carbocycles. The van der Waals surface area contributed by atoms with Crippen molar-refractivity contribution in [1.29, 1.82) is 0 Å². The molecule has 0 fully saturated rings. The molecule has 1 heterocycles. The molecule has 6 nitrogen and oxygen atoms in total. The van der Waals surface area contributed by atoms with Crippen LogP contribution in [0.4, 0.5) is 11.4 Å². The fraction of sp³-hybridized carbons (Fsp3) is 0.222. The number of carbonyl (C=O) groups is 1. The second-order valence-electron chi connectivity index (χ2n) is 6.06. The molecule has 130 valence electrons. The number of nitrogens with zero attached hydrogens (tertiary/aromatic N) is 1. The fourth-order valence-electron chi connectivity index (χ4n) is 2.78. The number of nitrogens with one attached hydrogen (secondary N) is 2. The Morgan fingerprint density at radius 1 is 1.12 bits per heavy atom. The van der Waals surface area contributed by atoms with Gasteiger partial charge in [0, 0.05) is 18.5 Å². The van der Waals surface area contributed by atoms with E-state index in [1.54, 1.807) is 18.2 Å². The summed E-state index contributed by atoms with van der Waals surface area (Å²) in [5.74, 6) is 0.0834. The van der Waals surface area contributed by atoms with Gasteiger partial charge in [-0.05, 0) is 49.2 Å². The van der Waals surface area contributed by atoms with Crippen molar-refractivity contribution in [3.63, 3.8) is 0 Å². The van der Waals surface area contributed by atoms with E-state index < -0.39 is 10.0 Å². The van der Waals surface area contributed by atoms with Gasteiger partial charge in [0.25, 0.3) is 10.0 Å². The Bertz CT molecular complexity index is 945. The van der Waals surface area contributed by atoms with E-state index in [0.717, 1.165) is 16.8 Å². The van der Waals surface area contributed by atoms with E-state index in [9.17, 15) is 13.2 Å². The lowest BCUT2D eigenvalue weighted by Gasteiger charge is -2.17. The maximum absolute atomic E-state index is 12.2.